The van der Waals surface area contributed by atoms with Gasteiger partial charge in [0.2, 0.25) is 0 Å². The van der Waals surface area contributed by atoms with Crippen molar-refractivity contribution in [2.45, 2.75) is 26.2 Å². The zero-order valence-electron chi connectivity index (χ0n) is 10.3. The van der Waals surface area contributed by atoms with Crippen LogP contribution in [0.15, 0.2) is 28.8 Å². The van der Waals surface area contributed by atoms with Crippen LogP contribution in [0.3, 0.4) is 0 Å². The summed E-state index contributed by atoms with van der Waals surface area (Å²) in [6.45, 7) is 3.74. The molecule has 0 amide bonds. The molecule has 0 saturated carbocycles. The van der Waals surface area contributed by atoms with Crippen LogP contribution in [0.25, 0.3) is 0 Å². The minimum Gasteiger partial charge on any atom is -0.361 e. The molecule has 0 bridgehead atoms. The Balaban J connectivity index is 2.32. The van der Waals surface area contributed by atoms with Gasteiger partial charge >= 0.3 is 0 Å². The quantitative estimate of drug-likeness (QED) is 0.843. The van der Waals surface area contributed by atoms with Crippen molar-refractivity contribution in [1.82, 2.24) is 5.16 Å². The van der Waals surface area contributed by atoms with Crippen LogP contribution >= 0.6 is 11.6 Å². The van der Waals surface area contributed by atoms with Gasteiger partial charge in [-0.1, -0.05) is 35.0 Å². The Morgan fingerprint density at radius 2 is 2.11 bits per heavy atom. The monoisotopic (exact) mass is 260 g/mol. The highest BCUT2D eigenvalue weighted by atomic mass is 35.5. The highest BCUT2D eigenvalue weighted by molar-refractivity contribution is 6.31. The Kier molecular flexibility index (Phi) is 3.69. The van der Waals surface area contributed by atoms with E-state index in [1.165, 1.54) is 0 Å². The summed E-state index contributed by atoms with van der Waals surface area (Å²) in [7, 11) is 0. The van der Waals surface area contributed by atoms with Crippen LogP contribution in [0.1, 0.15) is 28.5 Å². The van der Waals surface area contributed by atoms with Crippen LogP contribution in [-0.2, 0) is 6.42 Å². The normalized spacial score (nSPS) is 12.1. The van der Waals surface area contributed by atoms with E-state index in [-0.39, 0.29) is 5.92 Å². The fourth-order valence-corrected chi connectivity index (χ4v) is 2.25. The minimum atomic E-state index is -0.282. The first-order chi connectivity index (χ1) is 8.63. The van der Waals surface area contributed by atoms with E-state index in [0.29, 0.717) is 11.4 Å². The van der Waals surface area contributed by atoms with E-state index in [1.807, 2.05) is 32.0 Å². The lowest BCUT2D eigenvalue weighted by Gasteiger charge is -2.10. The lowest BCUT2D eigenvalue weighted by atomic mass is 9.92. The van der Waals surface area contributed by atoms with E-state index in [9.17, 15) is 5.26 Å². The molecule has 1 unspecified atom stereocenters. The third-order valence-corrected chi connectivity index (χ3v) is 3.37. The Labute approximate surface area is 111 Å². The van der Waals surface area contributed by atoms with Crippen molar-refractivity contribution in [2.75, 3.05) is 0 Å². The first kappa shape index (κ1) is 12.7. The van der Waals surface area contributed by atoms with E-state index in [2.05, 4.69) is 11.2 Å². The predicted molar refractivity (Wildman–Crippen MR) is 69.5 cm³/mol. The molecular formula is C14H13ClN2O. The highest BCUT2D eigenvalue weighted by Crippen LogP contribution is 2.28. The van der Waals surface area contributed by atoms with Gasteiger partial charge in [-0.15, -0.1) is 0 Å². The Morgan fingerprint density at radius 3 is 2.67 bits per heavy atom. The standard InChI is InChI=1S/C14H13ClN2O/c1-9-13(10(2)18-17-9)7-11(8-16)12-5-3-4-6-14(12)15/h3-6,11H,7H2,1-2H3. The molecular weight excluding hydrogens is 248 g/mol. The number of aromatic nitrogens is 1. The summed E-state index contributed by atoms with van der Waals surface area (Å²) in [4.78, 5) is 0. The first-order valence-corrected chi connectivity index (χ1v) is 6.07. The van der Waals surface area contributed by atoms with E-state index >= 15 is 0 Å². The Morgan fingerprint density at radius 1 is 1.39 bits per heavy atom. The van der Waals surface area contributed by atoms with Gasteiger partial charge in [-0.05, 0) is 31.9 Å². The van der Waals surface area contributed by atoms with E-state index in [4.69, 9.17) is 16.1 Å². The van der Waals surface area contributed by atoms with Crippen molar-refractivity contribution in [3.8, 4) is 6.07 Å². The van der Waals surface area contributed by atoms with Gasteiger partial charge in [-0.25, -0.2) is 0 Å². The van der Waals surface area contributed by atoms with Gasteiger partial charge < -0.3 is 4.52 Å². The molecule has 2 rings (SSSR count). The van der Waals surface area contributed by atoms with Gasteiger partial charge in [0.1, 0.15) is 5.76 Å². The van der Waals surface area contributed by atoms with Gasteiger partial charge in [0, 0.05) is 10.6 Å². The van der Waals surface area contributed by atoms with Crippen LogP contribution < -0.4 is 0 Å². The van der Waals surface area contributed by atoms with Crippen molar-refractivity contribution >= 4 is 11.6 Å². The third kappa shape index (κ3) is 2.39. The van der Waals surface area contributed by atoms with Crippen LogP contribution in [0, 0.1) is 25.2 Å². The zero-order valence-corrected chi connectivity index (χ0v) is 11.0. The fraction of sp³-hybridized carbons (Fsp3) is 0.286. The molecule has 1 aromatic carbocycles. The number of benzene rings is 1. The fourth-order valence-electron chi connectivity index (χ4n) is 1.98. The summed E-state index contributed by atoms with van der Waals surface area (Å²) >= 11 is 6.13. The van der Waals surface area contributed by atoms with Gasteiger partial charge in [0.15, 0.2) is 0 Å². The average molecular weight is 261 g/mol. The zero-order chi connectivity index (χ0) is 13.1. The summed E-state index contributed by atoms with van der Waals surface area (Å²) in [5, 5.41) is 13.8. The van der Waals surface area contributed by atoms with Crippen molar-refractivity contribution in [3.05, 3.63) is 51.9 Å². The molecule has 0 aliphatic heterocycles. The van der Waals surface area contributed by atoms with Crippen molar-refractivity contribution in [3.63, 3.8) is 0 Å². The van der Waals surface area contributed by atoms with E-state index in [0.717, 1.165) is 22.6 Å². The molecule has 1 aromatic heterocycles. The van der Waals surface area contributed by atoms with E-state index in [1.54, 1.807) is 6.07 Å². The number of halogens is 1. The predicted octanol–water partition coefficient (Wildman–Crippen LogP) is 3.79. The lowest BCUT2D eigenvalue weighted by Crippen LogP contribution is -2.02. The molecule has 0 saturated heterocycles. The lowest BCUT2D eigenvalue weighted by molar-refractivity contribution is 0.392. The molecule has 92 valence electrons. The number of rotatable bonds is 3. The number of aryl methyl sites for hydroxylation is 2. The third-order valence-electron chi connectivity index (χ3n) is 3.03. The summed E-state index contributed by atoms with van der Waals surface area (Å²) in [5.74, 6) is 0.482. The van der Waals surface area contributed by atoms with Crippen molar-refractivity contribution in [1.29, 1.82) is 5.26 Å². The molecule has 0 radical (unpaired) electrons. The molecule has 0 spiro atoms. The molecule has 4 heteroatoms. The highest BCUT2D eigenvalue weighted by Gasteiger charge is 2.19. The van der Waals surface area contributed by atoms with Crippen LogP contribution in [0.2, 0.25) is 5.02 Å². The van der Waals surface area contributed by atoms with Crippen LogP contribution in [0.5, 0.6) is 0 Å². The summed E-state index contributed by atoms with van der Waals surface area (Å²) in [6.07, 6.45) is 0.571. The molecule has 3 nitrogen and oxygen atoms in total. The smallest absolute Gasteiger partial charge is 0.137 e. The minimum absolute atomic E-state index is 0.282. The molecule has 2 aromatic rings. The number of nitriles is 1. The van der Waals surface area contributed by atoms with Gasteiger partial charge in [-0.2, -0.15) is 5.26 Å². The van der Waals surface area contributed by atoms with Gasteiger partial charge in [0.25, 0.3) is 0 Å². The van der Waals surface area contributed by atoms with Crippen molar-refractivity contribution < 1.29 is 4.52 Å². The first-order valence-electron chi connectivity index (χ1n) is 5.69. The summed E-state index contributed by atoms with van der Waals surface area (Å²) in [5.41, 5.74) is 2.67. The second-order valence-electron chi connectivity index (χ2n) is 4.21. The summed E-state index contributed by atoms with van der Waals surface area (Å²) in [6, 6.07) is 9.73. The number of nitrogens with zero attached hydrogens (tertiary/aromatic N) is 2. The largest absolute Gasteiger partial charge is 0.361 e. The van der Waals surface area contributed by atoms with E-state index < -0.39 is 0 Å². The SMILES string of the molecule is Cc1noc(C)c1CC(C#N)c1ccccc1Cl. The van der Waals surface area contributed by atoms with Crippen molar-refractivity contribution in [2.24, 2.45) is 0 Å². The average Bonchev–Trinajstić information content (AvgIpc) is 2.68. The maximum Gasteiger partial charge on any atom is 0.137 e. The molecule has 0 aliphatic carbocycles. The summed E-state index contributed by atoms with van der Waals surface area (Å²) < 4.78 is 5.11. The maximum absolute atomic E-state index is 9.32. The Hall–Kier alpha value is -1.79. The van der Waals surface area contributed by atoms with Crippen LogP contribution in [-0.4, -0.2) is 5.16 Å². The molecule has 1 heterocycles. The molecule has 0 aliphatic rings. The van der Waals surface area contributed by atoms with Gasteiger partial charge in [0.05, 0.1) is 17.7 Å². The number of hydrogen-bond acceptors (Lipinski definition) is 3. The van der Waals surface area contributed by atoms with Gasteiger partial charge in [-0.3, -0.25) is 0 Å². The molecule has 0 N–H and O–H groups in total. The second kappa shape index (κ2) is 5.24. The Bertz CT molecular complexity index is 579. The molecule has 1 atom stereocenters. The topological polar surface area (TPSA) is 49.8 Å². The maximum atomic E-state index is 9.32. The second-order valence-corrected chi connectivity index (χ2v) is 4.62. The van der Waals surface area contributed by atoms with Crippen LogP contribution in [0.4, 0.5) is 0 Å². The molecule has 0 fully saturated rings. The molecule has 18 heavy (non-hydrogen) atoms. The number of hydrogen-bond donors (Lipinski definition) is 0.